The molecule has 2 atom stereocenters. The van der Waals surface area contributed by atoms with Crippen LogP contribution < -0.4 is 5.32 Å². The molecule has 190 valence electrons. The van der Waals surface area contributed by atoms with Crippen molar-refractivity contribution in [3.8, 4) is 11.3 Å². The standard InChI is InChI=1S/C27H33FN6OS/c1-14(2)21-22-16(4)24(17-5-7-33(8-6-17)27(35)20-10-19(28)11-29-20)36-26(22)32-23(21)18-9-15(3)25-30-13-31-34(25)12-18/h9,12-14,17,19-20,29,32H,5-8,10-11H2,1-4H3/t19-,20+/m0/s1. The SMILES string of the molecule is Cc1c(C2CCN(C(=O)[C@H]3C[C@H](F)CN3)CC2)sc2[nH]c(-c3cc(C)c4ncnn4c3)c(C(C)C)c12. The number of thiophene rings is 1. The van der Waals surface area contributed by atoms with E-state index in [4.69, 9.17) is 0 Å². The number of hydrogen-bond acceptors (Lipinski definition) is 5. The zero-order valence-electron chi connectivity index (χ0n) is 21.3. The highest BCUT2D eigenvalue weighted by Crippen LogP contribution is 2.46. The number of carbonyl (C=O) groups excluding carboxylic acids is 1. The molecular formula is C27H33FN6OS. The number of likely N-dealkylation sites (tertiary alicyclic amines) is 1. The third kappa shape index (κ3) is 3.84. The molecule has 2 aliphatic heterocycles. The van der Waals surface area contributed by atoms with Gasteiger partial charge in [-0.2, -0.15) is 5.10 Å². The molecule has 2 N–H and O–H groups in total. The lowest BCUT2D eigenvalue weighted by Crippen LogP contribution is -2.46. The number of amides is 1. The molecule has 9 heteroatoms. The minimum Gasteiger partial charge on any atom is -0.346 e. The van der Waals surface area contributed by atoms with E-state index in [0.717, 1.165) is 48.4 Å². The van der Waals surface area contributed by atoms with Gasteiger partial charge in [-0.15, -0.1) is 11.3 Å². The van der Waals surface area contributed by atoms with Crippen LogP contribution in [0.2, 0.25) is 0 Å². The molecule has 2 fully saturated rings. The van der Waals surface area contributed by atoms with Crippen molar-refractivity contribution in [2.24, 2.45) is 0 Å². The van der Waals surface area contributed by atoms with E-state index in [2.05, 4.69) is 60.3 Å². The first-order chi connectivity index (χ1) is 17.3. The van der Waals surface area contributed by atoms with E-state index in [-0.39, 0.29) is 11.9 Å². The van der Waals surface area contributed by atoms with E-state index in [1.807, 2.05) is 20.8 Å². The first-order valence-corrected chi connectivity index (χ1v) is 13.7. The van der Waals surface area contributed by atoms with Gasteiger partial charge in [-0.3, -0.25) is 4.79 Å². The number of nitrogens with zero attached hydrogens (tertiary/aromatic N) is 4. The number of aromatic nitrogens is 4. The fraction of sp³-hybridized carbons (Fsp3) is 0.519. The highest BCUT2D eigenvalue weighted by molar-refractivity contribution is 7.19. The van der Waals surface area contributed by atoms with Gasteiger partial charge < -0.3 is 15.2 Å². The van der Waals surface area contributed by atoms with Gasteiger partial charge in [0, 0.05) is 48.1 Å². The Hall–Kier alpha value is -2.78. The van der Waals surface area contributed by atoms with Gasteiger partial charge in [0.15, 0.2) is 5.65 Å². The first-order valence-electron chi connectivity index (χ1n) is 12.9. The smallest absolute Gasteiger partial charge is 0.239 e. The van der Waals surface area contributed by atoms with Crippen LogP contribution in [0.1, 0.15) is 66.5 Å². The Labute approximate surface area is 214 Å². The molecule has 1 amide bonds. The van der Waals surface area contributed by atoms with Crippen LogP contribution in [0.25, 0.3) is 27.1 Å². The van der Waals surface area contributed by atoms with Gasteiger partial charge in [0.1, 0.15) is 17.3 Å². The fourth-order valence-electron chi connectivity index (χ4n) is 6.14. The molecule has 2 saturated heterocycles. The Kier molecular flexibility index (Phi) is 5.87. The van der Waals surface area contributed by atoms with Crippen LogP contribution in [-0.4, -0.2) is 62.2 Å². The lowest BCUT2D eigenvalue weighted by molar-refractivity contribution is -0.134. The molecule has 36 heavy (non-hydrogen) atoms. The van der Waals surface area contributed by atoms with Gasteiger partial charge in [0.2, 0.25) is 5.91 Å². The molecule has 4 aromatic rings. The molecule has 7 nitrogen and oxygen atoms in total. The maximum absolute atomic E-state index is 13.6. The van der Waals surface area contributed by atoms with Gasteiger partial charge in [0.05, 0.1) is 11.7 Å². The Bertz CT molecular complexity index is 1440. The average molecular weight is 509 g/mol. The van der Waals surface area contributed by atoms with Crippen LogP contribution >= 0.6 is 11.3 Å². The van der Waals surface area contributed by atoms with Crippen molar-refractivity contribution < 1.29 is 9.18 Å². The number of piperidine rings is 1. The molecular weight excluding hydrogens is 475 g/mol. The molecule has 0 bridgehead atoms. The zero-order valence-corrected chi connectivity index (χ0v) is 22.1. The first kappa shape index (κ1) is 23.6. The van der Waals surface area contributed by atoms with Crippen molar-refractivity contribution in [3.63, 3.8) is 0 Å². The second-order valence-corrected chi connectivity index (χ2v) is 11.7. The van der Waals surface area contributed by atoms with Crippen molar-refractivity contribution in [2.45, 2.75) is 71.0 Å². The highest BCUT2D eigenvalue weighted by Gasteiger charge is 2.35. The van der Waals surface area contributed by atoms with Crippen molar-refractivity contribution in [2.75, 3.05) is 19.6 Å². The summed E-state index contributed by atoms with van der Waals surface area (Å²) in [6, 6.07) is 1.84. The summed E-state index contributed by atoms with van der Waals surface area (Å²) in [7, 11) is 0. The summed E-state index contributed by atoms with van der Waals surface area (Å²) in [6.07, 6.45) is 4.96. The number of aromatic amines is 1. The van der Waals surface area contributed by atoms with Crippen LogP contribution in [0.5, 0.6) is 0 Å². The van der Waals surface area contributed by atoms with Crippen molar-refractivity contribution in [1.29, 1.82) is 0 Å². The van der Waals surface area contributed by atoms with Gasteiger partial charge in [0.25, 0.3) is 0 Å². The zero-order chi connectivity index (χ0) is 25.1. The maximum atomic E-state index is 13.6. The Morgan fingerprint density at radius 2 is 2.03 bits per heavy atom. The van der Waals surface area contributed by atoms with Gasteiger partial charge >= 0.3 is 0 Å². The summed E-state index contributed by atoms with van der Waals surface area (Å²) < 4.78 is 15.4. The lowest BCUT2D eigenvalue weighted by Gasteiger charge is -2.33. The number of hydrogen-bond donors (Lipinski definition) is 2. The lowest BCUT2D eigenvalue weighted by atomic mass is 9.90. The second kappa shape index (κ2) is 8.95. The van der Waals surface area contributed by atoms with E-state index < -0.39 is 6.17 Å². The molecule has 0 spiro atoms. The second-order valence-electron chi connectivity index (χ2n) is 10.7. The Morgan fingerprint density at radius 1 is 1.25 bits per heavy atom. The number of pyridine rings is 1. The summed E-state index contributed by atoms with van der Waals surface area (Å²) in [5.74, 6) is 0.872. The molecule has 0 aliphatic carbocycles. The summed E-state index contributed by atoms with van der Waals surface area (Å²) >= 11 is 1.87. The summed E-state index contributed by atoms with van der Waals surface area (Å²) in [6.45, 7) is 10.6. The number of fused-ring (bicyclic) bond motifs is 2. The number of aryl methyl sites for hydroxylation is 2. The van der Waals surface area contributed by atoms with Crippen LogP contribution in [-0.2, 0) is 4.79 Å². The van der Waals surface area contributed by atoms with Crippen molar-refractivity contribution in [3.05, 3.63) is 40.2 Å². The Morgan fingerprint density at radius 3 is 2.72 bits per heavy atom. The minimum absolute atomic E-state index is 0.0648. The summed E-state index contributed by atoms with van der Waals surface area (Å²) in [4.78, 5) is 25.5. The summed E-state index contributed by atoms with van der Waals surface area (Å²) in [5, 5.41) is 8.75. The quantitative estimate of drug-likeness (QED) is 0.403. The van der Waals surface area contributed by atoms with E-state index in [1.54, 1.807) is 6.33 Å². The van der Waals surface area contributed by atoms with Crippen LogP contribution in [0.15, 0.2) is 18.6 Å². The molecule has 2 aliphatic rings. The highest BCUT2D eigenvalue weighted by atomic mass is 32.1. The van der Waals surface area contributed by atoms with E-state index in [0.29, 0.717) is 24.8 Å². The van der Waals surface area contributed by atoms with Crippen molar-refractivity contribution >= 4 is 33.1 Å². The van der Waals surface area contributed by atoms with Gasteiger partial charge in [-0.05, 0) is 61.3 Å². The molecule has 6 rings (SSSR count). The minimum atomic E-state index is -0.907. The summed E-state index contributed by atoms with van der Waals surface area (Å²) in [5.41, 5.74) is 6.99. The number of halogens is 1. The number of nitrogens with one attached hydrogen (secondary N) is 2. The molecule has 0 saturated carbocycles. The van der Waals surface area contributed by atoms with Crippen molar-refractivity contribution in [1.82, 2.24) is 29.8 Å². The fourth-order valence-corrected chi connectivity index (χ4v) is 7.53. The molecule has 6 heterocycles. The van der Waals surface area contributed by atoms with Crippen LogP contribution in [0, 0.1) is 13.8 Å². The number of H-pyrrole nitrogens is 1. The number of carbonyl (C=O) groups is 1. The number of alkyl halides is 1. The third-order valence-electron chi connectivity index (χ3n) is 7.94. The molecule has 0 unspecified atom stereocenters. The normalized spacial score (nSPS) is 21.4. The van der Waals surface area contributed by atoms with Crippen LogP contribution in [0.3, 0.4) is 0 Å². The predicted octanol–water partition coefficient (Wildman–Crippen LogP) is 5.09. The average Bonchev–Trinajstić information content (AvgIpc) is 3.63. The van der Waals surface area contributed by atoms with E-state index in [1.165, 1.54) is 26.2 Å². The molecule has 4 aromatic heterocycles. The molecule has 0 aromatic carbocycles. The maximum Gasteiger partial charge on any atom is 0.239 e. The number of rotatable bonds is 4. The third-order valence-corrected chi connectivity index (χ3v) is 9.31. The largest absolute Gasteiger partial charge is 0.346 e. The monoisotopic (exact) mass is 508 g/mol. The van der Waals surface area contributed by atoms with Gasteiger partial charge in [-0.1, -0.05) is 13.8 Å². The van der Waals surface area contributed by atoms with Gasteiger partial charge in [-0.25, -0.2) is 13.9 Å². The molecule has 0 radical (unpaired) electrons. The predicted molar refractivity (Wildman–Crippen MR) is 142 cm³/mol. The Balaban J connectivity index is 1.29. The van der Waals surface area contributed by atoms with E-state index >= 15 is 0 Å². The topological polar surface area (TPSA) is 78.3 Å². The van der Waals surface area contributed by atoms with Crippen LogP contribution in [0.4, 0.5) is 4.39 Å². The van der Waals surface area contributed by atoms with E-state index in [9.17, 15) is 9.18 Å².